The van der Waals surface area contributed by atoms with Gasteiger partial charge in [-0.2, -0.15) is 0 Å². The standard InChI is InChI=1S/C12H14N2O4/c13-8(10(15)16)5-12-7-3-1-2-4-9(7)14-11(12)17-6-18-12/h1-4,8,11,14H,5-6,13H2,(H,15,16)/t8-,11-,12+/m0/s1. The van der Waals surface area contributed by atoms with E-state index in [1.165, 1.54) is 0 Å². The maximum atomic E-state index is 10.9. The molecule has 0 radical (unpaired) electrons. The normalized spacial score (nSPS) is 30.4. The highest BCUT2D eigenvalue weighted by molar-refractivity contribution is 5.74. The zero-order chi connectivity index (χ0) is 12.8. The summed E-state index contributed by atoms with van der Waals surface area (Å²) in [6.45, 7) is 0.137. The zero-order valence-electron chi connectivity index (χ0n) is 9.63. The number of nitrogens with two attached hydrogens (primary N) is 1. The highest BCUT2D eigenvalue weighted by Crippen LogP contribution is 2.48. The number of rotatable bonds is 3. The number of nitrogens with one attached hydrogen (secondary N) is 1. The van der Waals surface area contributed by atoms with Gasteiger partial charge in [-0.3, -0.25) is 4.79 Å². The molecule has 1 aromatic rings. The Morgan fingerprint density at radius 3 is 3.17 bits per heavy atom. The molecule has 6 heteroatoms. The van der Waals surface area contributed by atoms with Gasteiger partial charge in [0.05, 0.1) is 0 Å². The van der Waals surface area contributed by atoms with Crippen molar-refractivity contribution in [2.24, 2.45) is 5.73 Å². The van der Waals surface area contributed by atoms with E-state index >= 15 is 0 Å². The van der Waals surface area contributed by atoms with Gasteiger partial charge in [0.25, 0.3) is 0 Å². The molecule has 4 N–H and O–H groups in total. The van der Waals surface area contributed by atoms with Crippen molar-refractivity contribution >= 4 is 11.7 Å². The number of fused-ring (bicyclic) bond motifs is 3. The summed E-state index contributed by atoms with van der Waals surface area (Å²) in [6.07, 6.45) is -0.197. The van der Waals surface area contributed by atoms with E-state index in [1.807, 2.05) is 24.3 Å². The van der Waals surface area contributed by atoms with Gasteiger partial charge in [0.15, 0.2) is 13.0 Å². The first kappa shape index (κ1) is 11.5. The number of benzene rings is 1. The lowest BCUT2D eigenvalue weighted by molar-refractivity contribution is -0.140. The Kier molecular flexibility index (Phi) is 2.51. The first-order valence-electron chi connectivity index (χ1n) is 5.73. The minimum atomic E-state index is -1.04. The Morgan fingerprint density at radius 1 is 1.61 bits per heavy atom. The van der Waals surface area contributed by atoms with Gasteiger partial charge < -0.3 is 25.6 Å². The average molecular weight is 250 g/mol. The molecule has 0 unspecified atom stereocenters. The fraction of sp³-hybridized carbons (Fsp3) is 0.417. The molecule has 0 amide bonds. The molecular weight excluding hydrogens is 236 g/mol. The van der Waals surface area contributed by atoms with Crippen molar-refractivity contribution in [2.45, 2.75) is 24.3 Å². The molecular formula is C12H14N2O4. The van der Waals surface area contributed by atoms with E-state index in [-0.39, 0.29) is 19.4 Å². The number of aliphatic carboxylic acids is 1. The van der Waals surface area contributed by atoms with Gasteiger partial charge in [-0.15, -0.1) is 0 Å². The Bertz CT molecular complexity index is 493. The van der Waals surface area contributed by atoms with Crippen LogP contribution >= 0.6 is 0 Å². The van der Waals surface area contributed by atoms with Crippen LogP contribution in [0.4, 0.5) is 5.69 Å². The minimum absolute atomic E-state index is 0.137. The number of hydrogen-bond acceptors (Lipinski definition) is 5. The summed E-state index contributed by atoms with van der Waals surface area (Å²) in [4.78, 5) is 10.9. The Morgan fingerprint density at radius 2 is 2.39 bits per heavy atom. The molecule has 1 aromatic carbocycles. The third kappa shape index (κ3) is 1.50. The van der Waals surface area contributed by atoms with Gasteiger partial charge in [-0.05, 0) is 6.07 Å². The molecule has 2 heterocycles. The Balaban J connectivity index is 1.99. The van der Waals surface area contributed by atoms with Gasteiger partial charge in [0.1, 0.15) is 11.6 Å². The van der Waals surface area contributed by atoms with E-state index in [0.29, 0.717) is 0 Å². The molecule has 3 atom stereocenters. The highest BCUT2D eigenvalue weighted by atomic mass is 16.7. The fourth-order valence-corrected chi connectivity index (χ4v) is 2.60. The third-order valence-electron chi connectivity index (χ3n) is 3.48. The maximum Gasteiger partial charge on any atom is 0.320 e. The maximum absolute atomic E-state index is 10.9. The summed E-state index contributed by atoms with van der Waals surface area (Å²) in [5, 5.41) is 12.2. The van der Waals surface area contributed by atoms with E-state index in [4.69, 9.17) is 20.3 Å². The van der Waals surface area contributed by atoms with E-state index < -0.39 is 17.6 Å². The van der Waals surface area contributed by atoms with Gasteiger partial charge in [-0.1, -0.05) is 18.2 Å². The summed E-state index contributed by atoms with van der Waals surface area (Å²) in [5.41, 5.74) is 6.65. The summed E-state index contributed by atoms with van der Waals surface area (Å²) < 4.78 is 11.1. The molecule has 1 fully saturated rings. The van der Waals surface area contributed by atoms with Crippen molar-refractivity contribution in [3.05, 3.63) is 29.8 Å². The van der Waals surface area contributed by atoms with Crippen molar-refractivity contribution in [1.29, 1.82) is 0 Å². The van der Waals surface area contributed by atoms with Crippen molar-refractivity contribution in [2.75, 3.05) is 12.1 Å². The smallest absolute Gasteiger partial charge is 0.320 e. The summed E-state index contributed by atoms with van der Waals surface area (Å²) >= 11 is 0. The number of anilines is 1. The Labute approximate surface area is 104 Å². The first-order valence-corrected chi connectivity index (χ1v) is 5.73. The van der Waals surface area contributed by atoms with Crippen LogP contribution in [0.25, 0.3) is 0 Å². The fourth-order valence-electron chi connectivity index (χ4n) is 2.60. The molecule has 18 heavy (non-hydrogen) atoms. The van der Waals surface area contributed by atoms with Crippen LogP contribution in [-0.2, 0) is 19.9 Å². The molecule has 0 aromatic heterocycles. The van der Waals surface area contributed by atoms with Gasteiger partial charge in [-0.25, -0.2) is 0 Å². The Hall–Kier alpha value is -1.63. The monoisotopic (exact) mass is 250 g/mol. The largest absolute Gasteiger partial charge is 0.480 e. The molecule has 0 spiro atoms. The molecule has 0 aliphatic carbocycles. The summed E-state index contributed by atoms with van der Waals surface area (Å²) in [5.74, 6) is -1.04. The lowest BCUT2D eigenvalue weighted by Gasteiger charge is -2.28. The van der Waals surface area contributed by atoms with Crippen LogP contribution in [0.3, 0.4) is 0 Å². The molecule has 0 saturated carbocycles. The lowest BCUT2D eigenvalue weighted by Crippen LogP contribution is -2.44. The van der Waals surface area contributed by atoms with Gasteiger partial charge in [0, 0.05) is 17.7 Å². The van der Waals surface area contributed by atoms with Crippen LogP contribution in [0.1, 0.15) is 12.0 Å². The van der Waals surface area contributed by atoms with E-state index in [0.717, 1.165) is 11.3 Å². The second-order valence-electron chi connectivity index (χ2n) is 4.54. The second kappa shape index (κ2) is 3.94. The molecule has 2 aliphatic heterocycles. The van der Waals surface area contributed by atoms with Crippen molar-refractivity contribution in [3.8, 4) is 0 Å². The van der Waals surface area contributed by atoms with Crippen molar-refractivity contribution in [1.82, 2.24) is 0 Å². The number of carbonyl (C=O) groups is 1. The molecule has 3 rings (SSSR count). The van der Waals surface area contributed by atoms with Crippen LogP contribution in [0.15, 0.2) is 24.3 Å². The first-order chi connectivity index (χ1) is 8.63. The van der Waals surface area contributed by atoms with E-state index in [9.17, 15) is 4.79 Å². The predicted octanol–water partition coefficient (Wildman–Crippen LogP) is 0.440. The molecule has 0 bridgehead atoms. The molecule has 96 valence electrons. The number of carboxylic acid groups (broad SMARTS) is 1. The van der Waals surface area contributed by atoms with Crippen molar-refractivity contribution in [3.63, 3.8) is 0 Å². The van der Waals surface area contributed by atoms with Crippen LogP contribution < -0.4 is 11.1 Å². The molecule has 2 aliphatic rings. The summed E-state index contributed by atoms with van der Waals surface area (Å²) in [6, 6.07) is 6.62. The average Bonchev–Trinajstić information content (AvgIpc) is 2.84. The van der Waals surface area contributed by atoms with Crippen molar-refractivity contribution < 1.29 is 19.4 Å². The number of para-hydroxylation sites is 1. The van der Waals surface area contributed by atoms with Crippen LogP contribution in [-0.4, -0.2) is 30.1 Å². The third-order valence-corrected chi connectivity index (χ3v) is 3.48. The second-order valence-corrected chi connectivity index (χ2v) is 4.54. The molecule has 1 saturated heterocycles. The SMILES string of the molecule is N[C@@H](C[C@]12OCO[C@@H]1Nc1ccccc12)C(=O)O. The lowest BCUT2D eigenvalue weighted by atomic mass is 9.88. The predicted molar refractivity (Wildman–Crippen MR) is 62.8 cm³/mol. The van der Waals surface area contributed by atoms with Crippen LogP contribution in [0.5, 0.6) is 0 Å². The summed E-state index contributed by atoms with van der Waals surface area (Å²) in [7, 11) is 0. The highest BCUT2D eigenvalue weighted by Gasteiger charge is 2.54. The topological polar surface area (TPSA) is 93.8 Å². The zero-order valence-corrected chi connectivity index (χ0v) is 9.63. The quantitative estimate of drug-likeness (QED) is 0.720. The van der Waals surface area contributed by atoms with E-state index in [2.05, 4.69) is 5.32 Å². The van der Waals surface area contributed by atoms with Gasteiger partial charge in [0.2, 0.25) is 0 Å². The van der Waals surface area contributed by atoms with Crippen LogP contribution in [0, 0.1) is 0 Å². The minimum Gasteiger partial charge on any atom is -0.480 e. The number of carboxylic acids is 1. The number of ether oxygens (including phenoxy) is 2. The van der Waals surface area contributed by atoms with Gasteiger partial charge >= 0.3 is 5.97 Å². The van der Waals surface area contributed by atoms with E-state index in [1.54, 1.807) is 0 Å². The van der Waals surface area contributed by atoms with Crippen LogP contribution in [0.2, 0.25) is 0 Å². The number of hydrogen-bond donors (Lipinski definition) is 3. The molecule has 6 nitrogen and oxygen atoms in total.